The van der Waals surface area contributed by atoms with E-state index in [2.05, 4.69) is 15.9 Å². The van der Waals surface area contributed by atoms with Crippen LogP contribution in [-0.4, -0.2) is 27.4 Å². The largest absolute Gasteiger partial charge is 0.494 e. The van der Waals surface area contributed by atoms with E-state index in [1.807, 2.05) is 19.1 Å². The molecule has 0 radical (unpaired) electrons. The van der Waals surface area contributed by atoms with Crippen LogP contribution in [0.1, 0.15) is 29.7 Å². The van der Waals surface area contributed by atoms with Crippen LogP contribution in [0.15, 0.2) is 34.8 Å². The molecule has 0 saturated carbocycles. The SMILES string of the molecule is CC(=O)OC[C@]12C=C[C@H](O1)c1c2c(O)n(-c2ccc(Br)c(C)c2)c1O. The molecule has 6 nitrogen and oxygen atoms in total. The number of halogens is 1. The molecule has 2 atom stereocenters. The molecular formula is C18H16BrNO5. The summed E-state index contributed by atoms with van der Waals surface area (Å²) in [5, 5.41) is 21.6. The number of aromatic nitrogens is 1. The molecule has 0 amide bonds. The summed E-state index contributed by atoms with van der Waals surface area (Å²) in [4.78, 5) is 11.2. The van der Waals surface area contributed by atoms with Crippen molar-refractivity contribution in [2.24, 2.45) is 0 Å². The lowest BCUT2D eigenvalue weighted by Gasteiger charge is -2.23. The van der Waals surface area contributed by atoms with Gasteiger partial charge in [-0.25, -0.2) is 0 Å². The van der Waals surface area contributed by atoms with Gasteiger partial charge >= 0.3 is 5.97 Å². The van der Waals surface area contributed by atoms with E-state index in [1.54, 1.807) is 18.2 Å². The number of hydrogen-bond donors (Lipinski definition) is 2. The average molecular weight is 406 g/mol. The Morgan fingerprint density at radius 1 is 1.40 bits per heavy atom. The zero-order valence-corrected chi connectivity index (χ0v) is 15.2. The summed E-state index contributed by atoms with van der Waals surface area (Å²) in [6.07, 6.45) is 3.08. The van der Waals surface area contributed by atoms with Gasteiger partial charge in [0.15, 0.2) is 5.60 Å². The van der Waals surface area contributed by atoms with E-state index in [0.717, 1.165) is 10.0 Å². The molecule has 7 heteroatoms. The molecule has 1 aromatic heterocycles. The molecular weight excluding hydrogens is 390 g/mol. The Hall–Kier alpha value is -2.25. The van der Waals surface area contributed by atoms with Gasteiger partial charge in [-0.3, -0.25) is 9.36 Å². The number of carbonyl (C=O) groups excluding carboxylic acids is 1. The van der Waals surface area contributed by atoms with Gasteiger partial charge in [-0.05, 0) is 36.8 Å². The van der Waals surface area contributed by atoms with E-state index in [9.17, 15) is 15.0 Å². The molecule has 2 N–H and O–H groups in total. The molecule has 0 fully saturated rings. The second kappa shape index (κ2) is 5.37. The average Bonchev–Trinajstić information content (AvgIpc) is 3.20. The molecule has 3 heterocycles. The third-order valence-electron chi connectivity index (χ3n) is 4.63. The Labute approximate surface area is 152 Å². The van der Waals surface area contributed by atoms with Crippen molar-refractivity contribution >= 4 is 21.9 Å². The first-order valence-electron chi connectivity index (χ1n) is 7.78. The summed E-state index contributed by atoms with van der Waals surface area (Å²) in [6, 6.07) is 5.50. The number of aryl methyl sites for hydroxylation is 1. The standard InChI is InChI=1S/C18H16BrNO5/c1-9-7-11(3-4-12(9)19)20-16(22)14-13-5-6-18(25-13,8-24-10(2)21)15(14)17(20)23/h3-7,13,22-23H,8H2,1-2H3/t13-,18-/m0/s1. The summed E-state index contributed by atoms with van der Waals surface area (Å²) in [5.74, 6) is -0.628. The van der Waals surface area contributed by atoms with E-state index < -0.39 is 17.7 Å². The number of ether oxygens (including phenoxy) is 2. The van der Waals surface area contributed by atoms with E-state index >= 15 is 0 Å². The van der Waals surface area contributed by atoms with Gasteiger partial charge in [0.2, 0.25) is 11.8 Å². The maximum atomic E-state index is 11.2. The molecule has 4 rings (SSSR count). The maximum Gasteiger partial charge on any atom is 0.302 e. The molecule has 25 heavy (non-hydrogen) atoms. The lowest BCUT2D eigenvalue weighted by molar-refractivity contribution is -0.149. The Kier molecular flexibility index (Phi) is 3.49. The minimum absolute atomic E-state index is 0.0568. The highest BCUT2D eigenvalue weighted by Crippen LogP contribution is 2.58. The third kappa shape index (κ3) is 2.22. The number of benzene rings is 1. The van der Waals surface area contributed by atoms with Crippen LogP contribution in [0, 0.1) is 6.92 Å². The number of esters is 1. The summed E-state index contributed by atoms with van der Waals surface area (Å²) in [7, 11) is 0. The van der Waals surface area contributed by atoms with Gasteiger partial charge in [0, 0.05) is 11.4 Å². The lowest BCUT2D eigenvalue weighted by Crippen LogP contribution is -2.28. The zero-order valence-electron chi connectivity index (χ0n) is 13.6. The van der Waals surface area contributed by atoms with Crippen molar-refractivity contribution in [3.8, 4) is 17.4 Å². The fourth-order valence-electron chi connectivity index (χ4n) is 3.47. The molecule has 0 unspecified atom stereocenters. The van der Waals surface area contributed by atoms with Crippen molar-refractivity contribution in [1.82, 2.24) is 4.57 Å². The van der Waals surface area contributed by atoms with Gasteiger partial charge in [0.1, 0.15) is 12.7 Å². The predicted molar refractivity (Wildman–Crippen MR) is 92.8 cm³/mol. The van der Waals surface area contributed by atoms with Gasteiger partial charge in [-0.15, -0.1) is 0 Å². The first kappa shape index (κ1) is 16.2. The summed E-state index contributed by atoms with van der Waals surface area (Å²) < 4.78 is 13.3. The molecule has 2 aliphatic heterocycles. The summed E-state index contributed by atoms with van der Waals surface area (Å²) in [5.41, 5.74) is 1.49. The monoisotopic (exact) mass is 405 g/mol. The Bertz CT molecular complexity index is 932. The summed E-state index contributed by atoms with van der Waals surface area (Å²) in [6.45, 7) is 3.18. The smallest absolute Gasteiger partial charge is 0.302 e. The zero-order chi connectivity index (χ0) is 17.9. The highest BCUT2D eigenvalue weighted by molar-refractivity contribution is 9.10. The van der Waals surface area contributed by atoms with Gasteiger partial charge < -0.3 is 19.7 Å². The lowest BCUT2D eigenvalue weighted by atomic mass is 9.90. The molecule has 2 aromatic rings. The number of rotatable bonds is 3. The first-order chi connectivity index (χ1) is 11.8. The van der Waals surface area contributed by atoms with Crippen molar-refractivity contribution in [2.45, 2.75) is 25.6 Å². The van der Waals surface area contributed by atoms with Crippen molar-refractivity contribution in [1.29, 1.82) is 0 Å². The Morgan fingerprint density at radius 2 is 2.16 bits per heavy atom. The van der Waals surface area contributed by atoms with Crippen molar-refractivity contribution in [2.75, 3.05) is 6.61 Å². The van der Waals surface area contributed by atoms with E-state index in [-0.39, 0.29) is 18.4 Å². The van der Waals surface area contributed by atoms with Crippen LogP contribution in [0.5, 0.6) is 11.8 Å². The molecule has 0 spiro atoms. The normalized spacial score (nSPS) is 23.1. The number of nitrogens with zero attached hydrogens (tertiary/aromatic N) is 1. The van der Waals surface area contributed by atoms with E-state index in [4.69, 9.17) is 9.47 Å². The van der Waals surface area contributed by atoms with Crippen LogP contribution in [0.3, 0.4) is 0 Å². The van der Waals surface area contributed by atoms with E-state index in [1.165, 1.54) is 11.5 Å². The second-order valence-electron chi connectivity index (χ2n) is 6.27. The van der Waals surface area contributed by atoms with Crippen LogP contribution in [0.2, 0.25) is 0 Å². The Morgan fingerprint density at radius 3 is 2.84 bits per heavy atom. The van der Waals surface area contributed by atoms with Crippen molar-refractivity contribution in [3.05, 3.63) is 51.5 Å². The van der Waals surface area contributed by atoms with Gasteiger partial charge in [0.05, 0.1) is 16.8 Å². The topological polar surface area (TPSA) is 80.9 Å². The first-order valence-corrected chi connectivity index (χ1v) is 8.57. The molecule has 2 bridgehead atoms. The quantitative estimate of drug-likeness (QED) is 0.604. The molecule has 1 aromatic carbocycles. The third-order valence-corrected chi connectivity index (χ3v) is 5.52. The number of carbonyl (C=O) groups is 1. The van der Waals surface area contributed by atoms with Crippen LogP contribution in [0.4, 0.5) is 0 Å². The minimum Gasteiger partial charge on any atom is -0.494 e. The highest BCUT2D eigenvalue weighted by atomic mass is 79.9. The maximum absolute atomic E-state index is 11.2. The van der Waals surface area contributed by atoms with Crippen molar-refractivity contribution < 1.29 is 24.5 Å². The fourth-order valence-corrected chi connectivity index (χ4v) is 3.72. The van der Waals surface area contributed by atoms with Gasteiger partial charge in [-0.2, -0.15) is 0 Å². The van der Waals surface area contributed by atoms with Gasteiger partial charge in [-0.1, -0.05) is 22.0 Å². The molecule has 2 aliphatic rings. The second-order valence-corrected chi connectivity index (χ2v) is 7.13. The Balaban J connectivity index is 1.86. The van der Waals surface area contributed by atoms with Gasteiger partial charge in [0.25, 0.3) is 0 Å². The van der Waals surface area contributed by atoms with Crippen LogP contribution < -0.4 is 0 Å². The molecule has 0 aliphatic carbocycles. The number of fused-ring (bicyclic) bond motifs is 5. The number of hydrogen-bond acceptors (Lipinski definition) is 5. The van der Waals surface area contributed by atoms with Crippen LogP contribution in [0.25, 0.3) is 5.69 Å². The predicted octanol–water partition coefficient (Wildman–Crippen LogP) is 3.36. The summed E-state index contributed by atoms with van der Waals surface area (Å²) >= 11 is 3.44. The highest BCUT2D eigenvalue weighted by Gasteiger charge is 2.53. The van der Waals surface area contributed by atoms with Crippen LogP contribution in [-0.2, 0) is 19.9 Å². The molecule has 0 saturated heterocycles. The van der Waals surface area contributed by atoms with Crippen molar-refractivity contribution in [3.63, 3.8) is 0 Å². The molecule has 130 valence electrons. The van der Waals surface area contributed by atoms with E-state index in [0.29, 0.717) is 16.8 Å². The fraction of sp³-hybridized carbons (Fsp3) is 0.278. The van der Waals surface area contributed by atoms with Crippen LogP contribution >= 0.6 is 15.9 Å². The number of aromatic hydroxyl groups is 2. The minimum atomic E-state index is -1.07.